The van der Waals surface area contributed by atoms with Crippen LogP contribution in [0.1, 0.15) is 18.1 Å². The van der Waals surface area contributed by atoms with Crippen molar-refractivity contribution in [3.63, 3.8) is 0 Å². The standard InChI is InChI=1S/C18H19NO3/c1-22-15-9-7-14(8-10-15)19-12-11-16(18(19)21)17(20)13-5-3-2-4-6-13/h2-10,16-17,20H,11-12H2,1H3/t16-,17+/m0/s1. The van der Waals surface area contributed by atoms with Crippen LogP contribution in [0.2, 0.25) is 0 Å². The molecular weight excluding hydrogens is 278 g/mol. The Kier molecular flexibility index (Phi) is 4.11. The highest BCUT2D eigenvalue weighted by molar-refractivity contribution is 5.97. The van der Waals surface area contributed by atoms with Crippen LogP contribution in [0.5, 0.6) is 5.75 Å². The van der Waals surface area contributed by atoms with Crippen LogP contribution in [-0.4, -0.2) is 24.7 Å². The molecule has 114 valence electrons. The van der Waals surface area contributed by atoms with Gasteiger partial charge in [-0.15, -0.1) is 0 Å². The molecule has 1 heterocycles. The summed E-state index contributed by atoms with van der Waals surface area (Å²) in [7, 11) is 1.61. The Bertz CT molecular complexity index is 639. The normalized spacial score (nSPS) is 19.3. The number of aliphatic hydroxyl groups excluding tert-OH is 1. The molecule has 2 aromatic carbocycles. The average molecular weight is 297 g/mol. The van der Waals surface area contributed by atoms with Crippen molar-refractivity contribution >= 4 is 11.6 Å². The molecule has 1 fully saturated rings. The van der Waals surface area contributed by atoms with Gasteiger partial charge in [0.15, 0.2) is 0 Å². The maximum Gasteiger partial charge on any atom is 0.233 e. The molecule has 0 unspecified atom stereocenters. The summed E-state index contributed by atoms with van der Waals surface area (Å²) < 4.78 is 5.13. The molecule has 0 radical (unpaired) electrons. The van der Waals surface area contributed by atoms with Crippen LogP contribution >= 0.6 is 0 Å². The van der Waals surface area contributed by atoms with E-state index in [0.717, 1.165) is 17.0 Å². The molecule has 0 aromatic heterocycles. The lowest BCUT2D eigenvalue weighted by atomic mass is 9.94. The second-order valence-corrected chi connectivity index (χ2v) is 5.44. The topological polar surface area (TPSA) is 49.8 Å². The molecular formula is C18H19NO3. The SMILES string of the molecule is COc1ccc(N2CC[C@@H]([C@H](O)c3ccccc3)C2=O)cc1. The molecule has 0 bridgehead atoms. The van der Waals surface area contributed by atoms with Crippen molar-refractivity contribution in [2.24, 2.45) is 5.92 Å². The minimum absolute atomic E-state index is 0.0264. The number of nitrogens with zero attached hydrogens (tertiary/aromatic N) is 1. The number of methoxy groups -OCH3 is 1. The number of amides is 1. The van der Waals surface area contributed by atoms with E-state index in [-0.39, 0.29) is 11.8 Å². The third-order valence-corrected chi connectivity index (χ3v) is 4.15. The Morgan fingerprint density at radius 1 is 1.14 bits per heavy atom. The summed E-state index contributed by atoms with van der Waals surface area (Å²) in [6, 6.07) is 16.8. The predicted molar refractivity (Wildman–Crippen MR) is 84.9 cm³/mol. The molecule has 22 heavy (non-hydrogen) atoms. The van der Waals surface area contributed by atoms with Crippen molar-refractivity contribution in [3.8, 4) is 5.75 Å². The van der Waals surface area contributed by atoms with E-state index >= 15 is 0 Å². The Morgan fingerprint density at radius 2 is 1.82 bits per heavy atom. The van der Waals surface area contributed by atoms with E-state index in [9.17, 15) is 9.90 Å². The third kappa shape index (κ3) is 2.70. The molecule has 0 aliphatic carbocycles. The van der Waals surface area contributed by atoms with E-state index in [2.05, 4.69) is 0 Å². The van der Waals surface area contributed by atoms with Gasteiger partial charge in [0.1, 0.15) is 5.75 Å². The van der Waals surface area contributed by atoms with E-state index in [1.54, 1.807) is 12.0 Å². The highest BCUT2D eigenvalue weighted by Gasteiger charge is 2.37. The number of hydrogen-bond donors (Lipinski definition) is 1. The first kappa shape index (κ1) is 14.6. The molecule has 2 atom stereocenters. The van der Waals surface area contributed by atoms with Crippen molar-refractivity contribution in [2.75, 3.05) is 18.6 Å². The third-order valence-electron chi connectivity index (χ3n) is 4.15. The predicted octanol–water partition coefficient (Wildman–Crippen LogP) is 2.78. The van der Waals surface area contributed by atoms with Crippen LogP contribution in [-0.2, 0) is 4.79 Å². The number of benzene rings is 2. The summed E-state index contributed by atoms with van der Waals surface area (Å²) in [5, 5.41) is 10.5. The van der Waals surface area contributed by atoms with Gasteiger partial charge in [0.05, 0.1) is 19.1 Å². The van der Waals surface area contributed by atoms with Gasteiger partial charge in [-0.2, -0.15) is 0 Å². The number of rotatable bonds is 4. The van der Waals surface area contributed by atoms with Crippen molar-refractivity contribution in [1.29, 1.82) is 0 Å². The number of carbonyl (C=O) groups excluding carboxylic acids is 1. The van der Waals surface area contributed by atoms with E-state index in [1.807, 2.05) is 54.6 Å². The highest BCUT2D eigenvalue weighted by Crippen LogP contribution is 2.34. The summed E-state index contributed by atoms with van der Waals surface area (Å²) >= 11 is 0. The second kappa shape index (κ2) is 6.20. The number of hydrogen-bond acceptors (Lipinski definition) is 3. The molecule has 1 aliphatic rings. The first-order valence-corrected chi connectivity index (χ1v) is 7.39. The summed E-state index contributed by atoms with van der Waals surface area (Å²) in [6.45, 7) is 0.625. The largest absolute Gasteiger partial charge is 0.497 e. The second-order valence-electron chi connectivity index (χ2n) is 5.44. The van der Waals surface area contributed by atoms with E-state index in [4.69, 9.17) is 4.74 Å². The fourth-order valence-corrected chi connectivity index (χ4v) is 2.90. The van der Waals surface area contributed by atoms with Crippen LogP contribution in [0.15, 0.2) is 54.6 Å². The lowest BCUT2D eigenvalue weighted by molar-refractivity contribution is -0.123. The lowest BCUT2D eigenvalue weighted by Crippen LogP contribution is -2.29. The van der Waals surface area contributed by atoms with Crippen LogP contribution in [0, 0.1) is 5.92 Å². The van der Waals surface area contributed by atoms with Crippen LogP contribution < -0.4 is 9.64 Å². The first-order chi connectivity index (χ1) is 10.7. The number of anilines is 1. The summed E-state index contributed by atoms with van der Waals surface area (Å²) in [5.74, 6) is 0.349. The van der Waals surface area contributed by atoms with Crippen LogP contribution in [0.3, 0.4) is 0 Å². The Morgan fingerprint density at radius 3 is 2.45 bits per heavy atom. The van der Waals surface area contributed by atoms with E-state index in [0.29, 0.717) is 13.0 Å². The zero-order chi connectivity index (χ0) is 15.5. The molecule has 4 heteroatoms. The van der Waals surface area contributed by atoms with E-state index < -0.39 is 6.10 Å². The minimum atomic E-state index is -0.753. The Hall–Kier alpha value is -2.33. The van der Waals surface area contributed by atoms with Gasteiger partial charge in [0.25, 0.3) is 0 Å². The molecule has 1 saturated heterocycles. The number of ether oxygens (including phenoxy) is 1. The molecule has 1 N–H and O–H groups in total. The minimum Gasteiger partial charge on any atom is -0.497 e. The molecule has 4 nitrogen and oxygen atoms in total. The van der Waals surface area contributed by atoms with Gasteiger partial charge < -0.3 is 14.7 Å². The average Bonchev–Trinajstić information content (AvgIpc) is 2.96. The number of carbonyl (C=O) groups is 1. The number of aliphatic hydroxyl groups is 1. The quantitative estimate of drug-likeness (QED) is 0.944. The maximum absolute atomic E-state index is 12.6. The molecule has 2 aromatic rings. The molecule has 1 aliphatic heterocycles. The maximum atomic E-state index is 12.6. The zero-order valence-electron chi connectivity index (χ0n) is 12.5. The highest BCUT2D eigenvalue weighted by atomic mass is 16.5. The van der Waals surface area contributed by atoms with Gasteiger partial charge in [-0.3, -0.25) is 4.79 Å². The first-order valence-electron chi connectivity index (χ1n) is 7.39. The van der Waals surface area contributed by atoms with Crippen molar-refractivity contribution < 1.29 is 14.6 Å². The van der Waals surface area contributed by atoms with Gasteiger partial charge >= 0.3 is 0 Å². The lowest BCUT2D eigenvalue weighted by Gasteiger charge is -2.20. The van der Waals surface area contributed by atoms with Crippen LogP contribution in [0.25, 0.3) is 0 Å². The van der Waals surface area contributed by atoms with Crippen molar-refractivity contribution in [3.05, 3.63) is 60.2 Å². The fraction of sp³-hybridized carbons (Fsp3) is 0.278. The smallest absolute Gasteiger partial charge is 0.233 e. The van der Waals surface area contributed by atoms with Crippen molar-refractivity contribution in [2.45, 2.75) is 12.5 Å². The summed E-state index contributed by atoms with van der Waals surface area (Å²) in [5.41, 5.74) is 1.63. The van der Waals surface area contributed by atoms with Gasteiger partial charge in [0.2, 0.25) is 5.91 Å². The van der Waals surface area contributed by atoms with Gasteiger partial charge in [-0.25, -0.2) is 0 Å². The van der Waals surface area contributed by atoms with Gasteiger partial charge in [-0.05, 0) is 36.2 Å². The van der Waals surface area contributed by atoms with Crippen molar-refractivity contribution in [1.82, 2.24) is 0 Å². The van der Waals surface area contributed by atoms with E-state index in [1.165, 1.54) is 0 Å². The monoisotopic (exact) mass is 297 g/mol. The van der Waals surface area contributed by atoms with Gasteiger partial charge in [-0.1, -0.05) is 30.3 Å². The fourth-order valence-electron chi connectivity index (χ4n) is 2.90. The molecule has 0 spiro atoms. The van der Waals surface area contributed by atoms with Crippen LogP contribution in [0.4, 0.5) is 5.69 Å². The molecule has 0 saturated carbocycles. The molecule has 3 rings (SSSR count). The summed E-state index contributed by atoms with van der Waals surface area (Å²) in [4.78, 5) is 14.3. The zero-order valence-corrected chi connectivity index (χ0v) is 12.5. The Balaban J connectivity index is 1.77. The Labute approximate surface area is 130 Å². The summed E-state index contributed by atoms with van der Waals surface area (Å²) in [6.07, 6.45) is -0.0991. The molecule has 1 amide bonds. The van der Waals surface area contributed by atoms with Gasteiger partial charge in [0, 0.05) is 12.2 Å².